The van der Waals surface area contributed by atoms with Gasteiger partial charge in [-0.3, -0.25) is 29.4 Å². The summed E-state index contributed by atoms with van der Waals surface area (Å²) < 4.78 is 2.07. The van der Waals surface area contributed by atoms with Crippen LogP contribution in [0.4, 0.5) is 5.95 Å². The van der Waals surface area contributed by atoms with Crippen molar-refractivity contribution in [1.29, 1.82) is 0 Å². The van der Waals surface area contributed by atoms with E-state index in [-0.39, 0.29) is 24.0 Å². The molecule has 3 aliphatic heterocycles. The summed E-state index contributed by atoms with van der Waals surface area (Å²) >= 11 is 0. The second-order valence-electron chi connectivity index (χ2n) is 7.65. The summed E-state index contributed by atoms with van der Waals surface area (Å²) in [6.07, 6.45) is 3.91. The molecule has 0 spiro atoms. The van der Waals surface area contributed by atoms with Crippen LogP contribution in [-0.2, 0) is 16.1 Å². The molecule has 0 aliphatic carbocycles. The molecule has 0 bridgehead atoms. The van der Waals surface area contributed by atoms with Gasteiger partial charge < -0.3 is 15.2 Å². The van der Waals surface area contributed by atoms with Gasteiger partial charge in [0, 0.05) is 38.4 Å². The lowest BCUT2D eigenvalue weighted by atomic mass is 10.0. The summed E-state index contributed by atoms with van der Waals surface area (Å²) in [5.74, 6) is -1.27. The monoisotopic (exact) mass is 408 g/mol. The number of hydrogen-bond acceptors (Lipinski definition) is 7. The molecule has 0 radical (unpaired) electrons. The van der Waals surface area contributed by atoms with Crippen molar-refractivity contribution < 1.29 is 19.2 Å². The normalized spacial score (nSPS) is 21.5. The Kier molecular flexibility index (Phi) is 4.35. The standard InChI is InChI=1S/C20H20N6O4/c27-16-4-3-15(17(28)24-16)26-18(29)13-2-1-11(7-14(13)19(26)30)8-23-20-22-5-6-25(20)12-9-21-10-12/h1-2,5-7,12,15,21H,3-4,8-10H2,(H,22,23)(H,24,27,28). The minimum absolute atomic E-state index is 0.0993. The molecule has 3 aliphatic rings. The van der Waals surface area contributed by atoms with E-state index < -0.39 is 29.7 Å². The molecule has 2 aromatic rings. The van der Waals surface area contributed by atoms with Crippen LogP contribution >= 0.6 is 0 Å². The first-order valence-corrected chi connectivity index (χ1v) is 9.85. The van der Waals surface area contributed by atoms with Gasteiger partial charge in [0.1, 0.15) is 6.04 Å². The lowest BCUT2D eigenvalue weighted by Crippen LogP contribution is -2.54. The minimum atomic E-state index is -0.958. The summed E-state index contributed by atoms with van der Waals surface area (Å²) in [4.78, 5) is 54.5. The van der Waals surface area contributed by atoms with Crippen LogP contribution in [-0.4, -0.2) is 57.2 Å². The van der Waals surface area contributed by atoms with Crippen LogP contribution in [0.1, 0.15) is 45.2 Å². The highest BCUT2D eigenvalue weighted by Crippen LogP contribution is 2.28. The molecule has 1 unspecified atom stereocenters. The SMILES string of the molecule is O=C1CCC(N2C(=O)c3ccc(CNc4nccn4C4CNC4)cc3C2=O)C(=O)N1. The molecule has 10 heteroatoms. The fraction of sp³-hybridized carbons (Fsp3) is 0.350. The van der Waals surface area contributed by atoms with Crippen LogP contribution < -0.4 is 16.0 Å². The van der Waals surface area contributed by atoms with E-state index in [2.05, 4.69) is 25.5 Å². The summed E-state index contributed by atoms with van der Waals surface area (Å²) in [5, 5.41) is 8.70. The van der Waals surface area contributed by atoms with Crippen molar-refractivity contribution in [1.82, 2.24) is 25.1 Å². The van der Waals surface area contributed by atoms with E-state index in [4.69, 9.17) is 0 Å². The maximum Gasteiger partial charge on any atom is 0.262 e. The Morgan fingerprint density at radius 3 is 2.63 bits per heavy atom. The van der Waals surface area contributed by atoms with Crippen LogP contribution in [0, 0.1) is 0 Å². The van der Waals surface area contributed by atoms with Gasteiger partial charge in [0.2, 0.25) is 17.8 Å². The second kappa shape index (κ2) is 7.06. The summed E-state index contributed by atoms with van der Waals surface area (Å²) in [6, 6.07) is 4.48. The van der Waals surface area contributed by atoms with E-state index in [1.165, 1.54) is 0 Å². The fourth-order valence-electron chi connectivity index (χ4n) is 4.02. The first-order chi connectivity index (χ1) is 14.5. The van der Waals surface area contributed by atoms with Gasteiger partial charge in [0.05, 0.1) is 17.2 Å². The maximum atomic E-state index is 12.9. The lowest BCUT2D eigenvalue weighted by molar-refractivity contribution is -0.136. The van der Waals surface area contributed by atoms with Crippen LogP contribution in [0.3, 0.4) is 0 Å². The van der Waals surface area contributed by atoms with Crippen molar-refractivity contribution in [3.05, 3.63) is 47.3 Å². The third-order valence-corrected chi connectivity index (χ3v) is 5.78. The average Bonchev–Trinajstić information content (AvgIpc) is 3.23. The zero-order valence-electron chi connectivity index (χ0n) is 16.1. The number of rotatable bonds is 5. The molecular weight excluding hydrogens is 388 g/mol. The molecular formula is C20H20N6O4. The molecule has 10 nitrogen and oxygen atoms in total. The summed E-state index contributed by atoms with van der Waals surface area (Å²) in [6.45, 7) is 2.23. The van der Waals surface area contributed by atoms with Crippen LogP contribution in [0.2, 0.25) is 0 Å². The Morgan fingerprint density at radius 2 is 1.90 bits per heavy atom. The van der Waals surface area contributed by atoms with Gasteiger partial charge in [-0.05, 0) is 24.1 Å². The summed E-state index contributed by atoms with van der Waals surface area (Å²) in [5.41, 5.74) is 1.37. The third-order valence-electron chi connectivity index (χ3n) is 5.78. The number of hydrogen-bond donors (Lipinski definition) is 3. The van der Waals surface area contributed by atoms with Gasteiger partial charge in [-0.15, -0.1) is 0 Å². The molecule has 1 aromatic carbocycles. The van der Waals surface area contributed by atoms with Crippen molar-refractivity contribution in [3.8, 4) is 0 Å². The van der Waals surface area contributed by atoms with Crippen LogP contribution in [0.15, 0.2) is 30.6 Å². The zero-order valence-corrected chi connectivity index (χ0v) is 16.1. The van der Waals surface area contributed by atoms with Gasteiger partial charge in [0.15, 0.2) is 0 Å². The number of fused-ring (bicyclic) bond motifs is 1. The number of piperidine rings is 1. The summed E-state index contributed by atoms with van der Waals surface area (Å²) in [7, 11) is 0. The highest BCUT2D eigenvalue weighted by Gasteiger charge is 2.44. The lowest BCUT2D eigenvalue weighted by Gasteiger charge is -2.29. The van der Waals surface area contributed by atoms with Gasteiger partial charge in [0.25, 0.3) is 11.8 Å². The van der Waals surface area contributed by atoms with Crippen molar-refractivity contribution in [2.75, 3.05) is 18.4 Å². The second-order valence-corrected chi connectivity index (χ2v) is 7.65. The van der Waals surface area contributed by atoms with E-state index in [0.717, 1.165) is 29.5 Å². The Balaban J connectivity index is 1.33. The van der Waals surface area contributed by atoms with Crippen molar-refractivity contribution >= 4 is 29.6 Å². The zero-order chi connectivity index (χ0) is 20.8. The van der Waals surface area contributed by atoms with E-state index in [0.29, 0.717) is 12.6 Å². The molecule has 2 fully saturated rings. The van der Waals surface area contributed by atoms with Crippen LogP contribution in [0.5, 0.6) is 0 Å². The molecule has 154 valence electrons. The maximum absolute atomic E-state index is 12.9. The molecule has 5 rings (SSSR count). The number of imidazole rings is 1. The number of benzene rings is 1. The van der Waals surface area contributed by atoms with Gasteiger partial charge in [-0.2, -0.15) is 0 Å². The molecule has 4 amide bonds. The predicted molar refractivity (Wildman–Crippen MR) is 105 cm³/mol. The van der Waals surface area contributed by atoms with Crippen LogP contribution in [0.25, 0.3) is 0 Å². The van der Waals surface area contributed by atoms with Crippen molar-refractivity contribution in [3.63, 3.8) is 0 Å². The van der Waals surface area contributed by atoms with Gasteiger partial charge in [-0.1, -0.05) is 6.07 Å². The number of carbonyl (C=O) groups excluding carboxylic acids is 4. The van der Waals surface area contributed by atoms with Gasteiger partial charge >= 0.3 is 0 Å². The third kappa shape index (κ3) is 2.96. The fourth-order valence-corrected chi connectivity index (χ4v) is 4.02. The first-order valence-electron chi connectivity index (χ1n) is 9.85. The Bertz CT molecular complexity index is 1070. The quantitative estimate of drug-likeness (QED) is 0.597. The number of nitrogens with one attached hydrogen (secondary N) is 3. The highest BCUT2D eigenvalue weighted by atomic mass is 16.2. The Morgan fingerprint density at radius 1 is 1.10 bits per heavy atom. The molecule has 2 saturated heterocycles. The van der Waals surface area contributed by atoms with E-state index in [9.17, 15) is 19.2 Å². The molecule has 1 aromatic heterocycles. The van der Waals surface area contributed by atoms with E-state index in [1.54, 1.807) is 24.4 Å². The highest BCUT2D eigenvalue weighted by molar-refractivity contribution is 6.23. The van der Waals surface area contributed by atoms with E-state index >= 15 is 0 Å². The number of nitrogens with zero attached hydrogens (tertiary/aromatic N) is 3. The Hall–Kier alpha value is -3.53. The topological polar surface area (TPSA) is 125 Å². The number of carbonyl (C=O) groups is 4. The number of anilines is 1. The molecule has 4 heterocycles. The molecule has 0 saturated carbocycles. The molecule has 1 atom stereocenters. The minimum Gasteiger partial charge on any atom is -0.352 e. The molecule has 30 heavy (non-hydrogen) atoms. The first kappa shape index (κ1) is 18.5. The van der Waals surface area contributed by atoms with Crippen molar-refractivity contribution in [2.24, 2.45) is 0 Å². The number of aromatic nitrogens is 2. The van der Waals surface area contributed by atoms with E-state index in [1.807, 2.05) is 6.20 Å². The average molecular weight is 408 g/mol. The number of imide groups is 2. The van der Waals surface area contributed by atoms with Gasteiger partial charge in [-0.25, -0.2) is 4.98 Å². The predicted octanol–water partition coefficient (Wildman–Crippen LogP) is 0.0407. The Labute approximate surface area is 171 Å². The molecule has 3 N–H and O–H groups in total. The largest absolute Gasteiger partial charge is 0.352 e. The number of amides is 4. The smallest absolute Gasteiger partial charge is 0.262 e. The van der Waals surface area contributed by atoms with Crippen molar-refractivity contribution in [2.45, 2.75) is 31.5 Å².